The maximum atomic E-state index is 12.6. The number of benzene rings is 3. The number of rotatable bonds is 9. The van der Waals surface area contributed by atoms with Crippen molar-refractivity contribution in [2.24, 2.45) is 0 Å². The van der Waals surface area contributed by atoms with Gasteiger partial charge in [0.05, 0.1) is 0 Å². The quantitative estimate of drug-likeness (QED) is 0.385. The Hall–Kier alpha value is -3.44. The maximum absolute atomic E-state index is 12.6. The van der Waals surface area contributed by atoms with Gasteiger partial charge in [0.25, 0.3) is 0 Å². The molecule has 1 N–H and O–H groups in total. The predicted octanol–water partition coefficient (Wildman–Crippen LogP) is 6.28. The van der Waals surface area contributed by atoms with Gasteiger partial charge in [-0.3, -0.25) is 9.59 Å². The van der Waals surface area contributed by atoms with Gasteiger partial charge in [-0.15, -0.1) is 0 Å². The Morgan fingerprint density at radius 2 is 1.62 bits per heavy atom. The summed E-state index contributed by atoms with van der Waals surface area (Å²) in [6.45, 7) is 4.55. The van der Waals surface area contributed by atoms with Crippen molar-refractivity contribution >= 4 is 17.4 Å². The first-order valence-corrected chi connectivity index (χ1v) is 12.0. The van der Waals surface area contributed by atoms with Crippen LogP contribution in [-0.4, -0.2) is 36.2 Å². The fourth-order valence-electron chi connectivity index (χ4n) is 4.50. The van der Waals surface area contributed by atoms with Gasteiger partial charge in [0.15, 0.2) is 5.78 Å². The van der Waals surface area contributed by atoms with Crippen molar-refractivity contribution in [2.45, 2.75) is 38.5 Å². The molecule has 1 heterocycles. The highest BCUT2D eigenvalue weighted by molar-refractivity contribution is 5.96. The van der Waals surface area contributed by atoms with E-state index in [2.05, 4.69) is 22.3 Å². The molecule has 0 aromatic heterocycles. The lowest BCUT2D eigenvalue weighted by molar-refractivity contribution is -0.114. The van der Waals surface area contributed by atoms with Crippen LogP contribution < -0.4 is 10.1 Å². The number of likely N-dealkylation sites (tertiary alicyclic amines) is 1. The molecule has 3 aromatic rings. The Morgan fingerprint density at radius 3 is 2.32 bits per heavy atom. The van der Waals surface area contributed by atoms with Crippen LogP contribution in [0.4, 0.5) is 5.69 Å². The average molecular weight is 457 g/mol. The van der Waals surface area contributed by atoms with E-state index >= 15 is 0 Å². The van der Waals surface area contributed by atoms with Crippen LogP contribution in [-0.2, 0) is 4.79 Å². The van der Waals surface area contributed by atoms with Gasteiger partial charge in [-0.2, -0.15) is 0 Å². The van der Waals surface area contributed by atoms with Gasteiger partial charge < -0.3 is 15.0 Å². The lowest BCUT2D eigenvalue weighted by Gasteiger charge is -2.32. The lowest BCUT2D eigenvalue weighted by Crippen LogP contribution is -2.33. The third-order valence-electron chi connectivity index (χ3n) is 6.30. The number of nitrogens with zero attached hydrogens (tertiary/aromatic N) is 1. The number of carbonyl (C=O) groups is 2. The minimum Gasteiger partial charge on any atom is -0.457 e. The first-order chi connectivity index (χ1) is 16.6. The lowest BCUT2D eigenvalue weighted by atomic mass is 9.89. The summed E-state index contributed by atoms with van der Waals surface area (Å²) in [7, 11) is 0. The standard InChI is InChI=1S/C29H32N2O3/c1-22(32)30-26-8-5-7-25(21-26)23-16-19-31(20-17-23)18-6-11-29(33)24-12-14-28(15-13-24)34-27-9-3-2-4-10-27/h2-5,7-10,12-15,21,23H,6,11,16-20H2,1H3,(H,30,32). The van der Waals surface area contributed by atoms with E-state index in [1.807, 2.05) is 66.7 Å². The third kappa shape index (κ3) is 6.78. The Labute approximate surface area is 201 Å². The topological polar surface area (TPSA) is 58.6 Å². The van der Waals surface area contributed by atoms with Crippen LogP contribution in [0.1, 0.15) is 54.4 Å². The molecule has 3 aromatic carbocycles. The number of ketones is 1. The van der Waals surface area contributed by atoms with Crippen LogP contribution in [0.5, 0.6) is 11.5 Å². The van der Waals surface area contributed by atoms with Crippen LogP contribution in [0, 0.1) is 0 Å². The number of Topliss-reactive ketones (excluding diaryl/α,β-unsaturated/α-hetero) is 1. The molecule has 0 atom stereocenters. The summed E-state index contributed by atoms with van der Waals surface area (Å²) in [5, 5.41) is 2.87. The van der Waals surface area contributed by atoms with Gasteiger partial charge >= 0.3 is 0 Å². The second-order valence-electron chi connectivity index (χ2n) is 8.89. The molecule has 34 heavy (non-hydrogen) atoms. The van der Waals surface area contributed by atoms with Gasteiger partial charge in [0, 0.05) is 24.6 Å². The Bertz CT molecular complexity index is 1090. The maximum Gasteiger partial charge on any atom is 0.221 e. The number of hydrogen-bond acceptors (Lipinski definition) is 4. The number of amides is 1. The van der Waals surface area contributed by atoms with Crippen LogP contribution in [0.25, 0.3) is 0 Å². The molecule has 1 aliphatic heterocycles. The number of hydrogen-bond donors (Lipinski definition) is 1. The molecule has 5 heteroatoms. The minimum atomic E-state index is -0.0435. The first-order valence-electron chi connectivity index (χ1n) is 12.0. The summed E-state index contributed by atoms with van der Waals surface area (Å²) in [5.74, 6) is 2.16. The normalized spacial score (nSPS) is 14.5. The first kappa shape index (κ1) is 23.7. The second kappa shape index (κ2) is 11.6. The molecular formula is C29H32N2O3. The zero-order valence-corrected chi connectivity index (χ0v) is 19.7. The Balaban J connectivity index is 1.19. The number of piperidine rings is 1. The zero-order chi connectivity index (χ0) is 23.8. The summed E-state index contributed by atoms with van der Waals surface area (Å²) in [6.07, 6.45) is 3.61. The molecule has 176 valence electrons. The summed E-state index contributed by atoms with van der Waals surface area (Å²) in [6, 6.07) is 25.2. The van der Waals surface area contributed by atoms with Crippen molar-refractivity contribution in [3.63, 3.8) is 0 Å². The van der Waals surface area contributed by atoms with E-state index in [1.54, 1.807) is 0 Å². The van der Waals surface area contributed by atoms with E-state index in [9.17, 15) is 9.59 Å². The second-order valence-corrected chi connectivity index (χ2v) is 8.89. The highest BCUT2D eigenvalue weighted by atomic mass is 16.5. The van der Waals surface area contributed by atoms with Gasteiger partial charge in [-0.05, 0) is 98.9 Å². The molecule has 1 fully saturated rings. The molecule has 0 spiro atoms. The monoisotopic (exact) mass is 456 g/mol. The van der Waals surface area contributed by atoms with E-state index in [0.29, 0.717) is 12.3 Å². The van der Waals surface area contributed by atoms with Crippen molar-refractivity contribution in [3.8, 4) is 11.5 Å². The van der Waals surface area contributed by atoms with Gasteiger partial charge in [-0.25, -0.2) is 0 Å². The minimum absolute atomic E-state index is 0.0435. The van der Waals surface area contributed by atoms with Crippen LogP contribution in [0.2, 0.25) is 0 Å². The van der Waals surface area contributed by atoms with Gasteiger partial charge in [0.1, 0.15) is 11.5 Å². The van der Waals surface area contributed by atoms with E-state index in [-0.39, 0.29) is 11.7 Å². The SMILES string of the molecule is CC(=O)Nc1cccc(C2CCN(CCCC(=O)c3ccc(Oc4ccccc4)cc3)CC2)c1. The van der Waals surface area contributed by atoms with E-state index in [0.717, 1.165) is 61.6 Å². The molecule has 0 unspecified atom stereocenters. The molecule has 0 aliphatic carbocycles. The summed E-state index contributed by atoms with van der Waals surface area (Å²) < 4.78 is 5.80. The van der Waals surface area contributed by atoms with Crippen LogP contribution >= 0.6 is 0 Å². The summed E-state index contributed by atoms with van der Waals surface area (Å²) in [4.78, 5) is 26.4. The smallest absolute Gasteiger partial charge is 0.221 e. The molecule has 1 amide bonds. The molecule has 4 rings (SSSR count). The molecular weight excluding hydrogens is 424 g/mol. The summed E-state index contributed by atoms with van der Waals surface area (Å²) in [5.41, 5.74) is 2.89. The number of nitrogens with one attached hydrogen (secondary N) is 1. The van der Waals surface area contributed by atoms with Crippen LogP contribution in [0.15, 0.2) is 78.9 Å². The Morgan fingerprint density at radius 1 is 0.912 bits per heavy atom. The van der Waals surface area contributed by atoms with Crippen molar-refractivity contribution < 1.29 is 14.3 Å². The van der Waals surface area contributed by atoms with Crippen molar-refractivity contribution in [3.05, 3.63) is 90.0 Å². The van der Waals surface area contributed by atoms with Crippen LogP contribution in [0.3, 0.4) is 0 Å². The highest BCUT2D eigenvalue weighted by Gasteiger charge is 2.21. The fraction of sp³-hybridized carbons (Fsp3) is 0.310. The van der Waals surface area contributed by atoms with E-state index in [1.165, 1.54) is 12.5 Å². The number of carbonyl (C=O) groups excluding carboxylic acids is 2. The molecule has 1 saturated heterocycles. The number of anilines is 1. The molecule has 1 aliphatic rings. The Kier molecular flexibility index (Phi) is 8.10. The van der Waals surface area contributed by atoms with Gasteiger partial charge in [-0.1, -0.05) is 30.3 Å². The average Bonchev–Trinajstić information content (AvgIpc) is 2.85. The molecule has 0 bridgehead atoms. The predicted molar refractivity (Wildman–Crippen MR) is 136 cm³/mol. The summed E-state index contributed by atoms with van der Waals surface area (Å²) >= 11 is 0. The molecule has 0 saturated carbocycles. The van der Waals surface area contributed by atoms with Gasteiger partial charge in [0.2, 0.25) is 5.91 Å². The number of ether oxygens (including phenoxy) is 1. The van der Waals surface area contributed by atoms with Crippen molar-refractivity contribution in [2.75, 3.05) is 25.0 Å². The van der Waals surface area contributed by atoms with Crippen molar-refractivity contribution in [1.29, 1.82) is 0 Å². The van der Waals surface area contributed by atoms with E-state index < -0.39 is 0 Å². The van der Waals surface area contributed by atoms with E-state index in [4.69, 9.17) is 4.74 Å². The zero-order valence-electron chi connectivity index (χ0n) is 19.7. The molecule has 5 nitrogen and oxygen atoms in total. The third-order valence-corrected chi connectivity index (χ3v) is 6.30. The molecule has 0 radical (unpaired) electrons. The highest BCUT2D eigenvalue weighted by Crippen LogP contribution is 2.30. The largest absolute Gasteiger partial charge is 0.457 e. The van der Waals surface area contributed by atoms with Crippen molar-refractivity contribution in [1.82, 2.24) is 4.90 Å². The fourth-order valence-corrected chi connectivity index (χ4v) is 4.50. The number of para-hydroxylation sites is 1.